The van der Waals surface area contributed by atoms with Crippen molar-refractivity contribution in [3.05, 3.63) is 72.1 Å². The van der Waals surface area contributed by atoms with Gasteiger partial charge in [-0.1, -0.05) is 50.2 Å². The molecule has 0 bridgehead atoms. The maximum absolute atomic E-state index is 12.1. The van der Waals surface area contributed by atoms with Crippen molar-refractivity contribution in [1.29, 1.82) is 0 Å². The van der Waals surface area contributed by atoms with Crippen molar-refractivity contribution in [3.63, 3.8) is 0 Å². The van der Waals surface area contributed by atoms with Gasteiger partial charge in [0, 0.05) is 25.0 Å². The Morgan fingerprint density at radius 2 is 1.92 bits per heavy atom. The summed E-state index contributed by atoms with van der Waals surface area (Å²) in [7, 11) is 0. The van der Waals surface area contributed by atoms with Crippen LogP contribution in [0.2, 0.25) is 0 Å². The lowest BCUT2D eigenvalue weighted by molar-refractivity contribution is -0.116. The van der Waals surface area contributed by atoms with Crippen LogP contribution in [0.4, 0.5) is 0 Å². The highest BCUT2D eigenvalue weighted by atomic mass is 16.1. The minimum absolute atomic E-state index is 0.0908. The fourth-order valence-electron chi connectivity index (χ4n) is 2.70. The van der Waals surface area contributed by atoms with E-state index in [9.17, 15) is 4.79 Å². The summed E-state index contributed by atoms with van der Waals surface area (Å²) >= 11 is 0. The Bertz CT molecular complexity index is 636. The van der Waals surface area contributed by atoms with Crippen LogP contribution in [0.1, 0.15) is 31.0 Å². The second kappa shape index (κ2) is 9.63. The smallest absolute Gasteiger partial charge is 0.244 e. The minimum Gasteiger partial charge on any atom is -0.351 e. The van der Waals surface area contributed by atoms with E-state index < -0.39 is 0 Å². The van der Waals surface area contributed by atoms with Crippen LogP contribution in [0.25, 0.3) is 6.08 Å². The summed E-state index contributed by atoms with van der Waals surface area (Å²) in [5.41, 5.74) is 2.13. The third kappa shape index (κ3) is 5.32. The Balaban J connectivity index is 1.99. The number of aromatic nitrogens is 1. The van der Waals surface area contributed by atoms with Crippen molar-refractivity contribution < 1.29 is 4.79 Å². The normalized spacial score (nSPS) is 12.5. The summed E-state index contributed by atoms with van der Waals surface area (Å²) in [6.07, 6.45) is 6.77. The zero-order chi connectivity index (χ0) is 17.2. The second-order valence-corrected chi connectivity index (χ2v) is 5.51. The number of benzene rings is 1. The average molecular weight is 323 g/mol. The number of rotatable bonds is 8. The molecule has 0 aliphatic carbocycles. The van der Waals surface area contributed by atoms with E-state index in [-0.39, 0.29) is 11.9 Å². The van der Waals surface area contributed by atoms with Gasteiger partial charge in [0.25, 0.3) is 0 Å². The maximum Gasteiger partial charge on any atom is 0.244 e. The Hall–Kier alpha value is -2.46. The first kappa shape index (κ1) is 17.9. The van der Waals surface area contributed by atoms with E-state index in [1.54, 1.807) is 24.5 Å². The van der Waals surface area contributed by atoms with Crippen molar-refractivity contribution in [1.82, 2.24) is 15.2 Å². The predicted octanol–water partition coefficient (Wildman–Crippen LogP) is 3.29. The monoisotopic (exact) mass is 323 g/mol. The number of pyridine rings is 1. The number of carbonyl (C=O) groups is 1. The molecular weight excluding hydrogens is 298 g/mol. The Morgan fingerprint density at radius 1 is 1.17 bits per heavy atom. The third-order valence-electron chi connectivity index (χ3n) is 4.02. The molecule has 0 aliphatic rings. The number of amides is 1. The van der Waals surface area contributed by atoms with Gasteiger partial charge in [-0.3, -0.25) is 14.7 Å². The molecule has 0 saturated heterocycles. The fraction of sp³-hybridized carbons (Fsp3) is 0.300. The quantitative estimate of drug-likeness (QED) is 0.758. The van der Waals surface area contributed by atoms with Gasteiger partial charge in [0.05, 0.1) is 6.04 Å². The van der Waals surface area contributed by atoms with Gasteiger partial charge in [0.2, 0.25) is 5.91 Å². The fourth-order valence-corrected chi connectivity index (χ4v) is 2.70. The molecule has 4 heteroatoms. The number of likely N-dealkylation sites (N-methyl/N-ethyl adjacent to an activating group) is 1. The molecule has 2 aromatic rings. The van der Waals surface area contributed by atoms with Gasteiger partial charge in [0.1, 0.15) is 0 Å². The zero-order valence-electron chi connectivity index (χ0n) is 14.4. The van der Waals surface area contributed by atoms with Crippen LogP contribution < -0.4 is 5.32 Å². The van der Waals surface area contributed by atoms with Crippen LogP contribution in [-0.4, -0.2) is 35.4 Å². The van der Waals surface area contributed by atoms with E-state index in [0.29, 0.717) is 6.54 Å². The summed E-state index contributed by atoms with van der Waals surface area (Å²) in [5.74, 6) is -0.0908. The highest BCUT2D eigenvalue weighted by Crippen LogP contribution is 2.19. The van der Waals surface area contributed by atoms with Crippen molar-refractivity contribution in [2.45, 2.75) is 19.9 Å². The average Bonchev–Trinajstić information content (AvgIpc) is 2.65. The van der Waals surface area contributed by atoms with E-state index in [1.165, 1.54) is 5.56 Å². The van der Waals surface area contributed by atoms with Crippen LogP contribution in [0.15, 0.2) is 60.9 Å². The number of nitrogens with one attached hydrogen (secondary N) is 1. The predicted molar refractivity (Wildman–Crippen MR) is 98.4 cm³/mol. The Morgan fingerprint density at radius 3 is 2.54 bits per heavy atom. The van der Waals surface area contributed by atoms with E-state index in [2.05, 4.69) is 41.2 Å². The molecule has 1 unspecified atom stereocenters. The summed E-state index contributed by atoms with van der Waals surface area (Å²) in [6.45, 7) is 6.75. The third-order valence-corrected chi connectivity index (χ3v) is 4.02. The van der Waals surface area contributed by atoms with Crippen LogP contribution in [0.3, 0.4) is 0 Å². The van der Waals surface area contributed by atoms with Gasteiger partial charge in [-0.25, -0.2) is 0 Å². The van der Waals surface area contributed by atoms with Crippen LogP contribution in [0.5, 0.6) is 0 Å². The summed E-state index contributed by atoms with van der Waals surface area (Å²) < 4.78 is 0. The van der Waals surface area contributed by atoms with E-state index in [0.717, 1.165) is 18.7 Å². The van der Waals surface area contributed by atoms with Crippen molar-refractivity contribution in [2.75, 3.05) is 19.6 Å². The van der Waals surface area contributed by atoms with Gasteiger partial charge >= 0.3 is 0 Å². The first-order valence-electron chi connectivity index (χ1n) is 8.39. The van der Waals surface area contributed by atoms with E-state index >= 15 is 0 Å². The minimum atomic E-state index is -0.0908. The molecule has 0 aliphatic heterocycles. The number of hydrogen-bond acceptors (Lipinski definition) is 3. The lowest BCUT2D eigenvalue weighted by Crippen LogP contribution is -2.37. The molecule has 1 aromatic carbocycles. The second-order valence-electron chi connectivity index (χ2n) is 5.51. The van der Waals surface area contributed by atoms with Crippen molar-refractivity contribution in [3.8, 4) is 0 Å². The molecule has 126 valence electrons. The lowest BCUT2D eigenvalue weighted by atomic mass is 10.1. The molecular formula is C20H25N3O. The van der Waals surface area contributed by atoms with Crippen molar-refractivity contribution in [2.24, 2.45) is 0 Å². The first-order valence-corrected chi connectivity index (χ1v) is 8.39. The SMILES string of the molecule is CCN(CC)C(CNC(=O)/C=C/c1cccnc1)c1ccccc1. The van der Waals surface area contributed by atoms with Gasteiger partial charge in [0.15, 0.2) is 0 Å². The van der Waals surface area contributed by atoms with Crippen LogP contribution >= 0.6 is 0 Å². The van der Waals surface area contributed by atoms with Crippen LogP contribution in [-0.2, 0) is 4.79 Å². The summed E-state index contributed by atoms with van der Waals surface area (Å²) in [6, 6.07) is 14.3. The molecule has 1 heterocycles. The molecule has 0 fully saturated rings. The number of nitrogens with zero attached hydrogens (tertiary/aromatic N) is 2. The molecule has 1 aromatic heterocycles. The highest BCUT2D eigenvalue weighted by Gasteiger charge is 2.17. The van der Waals surface area contributed by atoms with Crippen LogP contribution in [0, 0.1) is 0 Å². The standard InChI is InChI=1S/C20H25N3O/c1-3-23(4-2)19(18-10-6-5-7-11-18)16-22-20(24)13-12-17-9-8-14-21-15-17/h5-15,19H,3-4,16H2,1-2H3,(H,22,24)/b13-12+. The topological polar surface area (TPSA) is 45.2 Å². The van der Waals surface area contributed by atoms with Gasteiger partial charge in [-0.2, -0.15) is 0 Å². The maximum atomic E-state index is 12.1. The molecule has 24 heavy (non-hydrogen) atoms. The molecule has 1 N–H and O–H groups in total. The lowest BCUT2D eigenvalue weighted by Gasteiger charge is -2.30. The first-order chi connectivity index (χ1) is 11.7. The molecule has 0 radical (unpaired) electrons. The van der Waals surface area contributed by atoms with Gasteiger partial charge in [-0.15, -0.1) is 0 Å². The number of hydrogen-bond donors (Lipinski definition) is 1. The molecule has 0 spiro atoms. The van der Waals surface area contributed by atoms with Gasteiger partial charge < -0.3 is 5.32 Å². The van der Waals surface area contributed by atoms with E-state index in [1.807, 2.05) is 30.3 Å². The largest absolute Gasteiger partial charge is 0.351 e. The highest BCUT2D eigenvalue weighted by molar-refractivity contribution is 5.91. The summed E-state index contributed by atoms with van der Waals surface area (Å²) in [5, 5.41) is 3.01. The number of carbonyl (C=O) groups excluding carboxylic acids is 1. The van der Waals surface area contributed by atoms with E-state index in [4.69, 9.17) is 0 Å². The molecule has 1 amide bonds. The van der Waals surface area contributed by atoms with Crippen molar-refractivity contribution >= 4 is 12.0 Å². The molecule has 0 saturated carbocycles. The zero-order valence-corrected chi connectivity index (χ0v) is 14.4. The molecule has 1 atom stereocenters. The molecule has 2 rings (SSSR count). The van der Waals surface area contributed by atoms with Gasteiger partial charge in [-0.05, 0) is 36.4 Å². The Kier molecular flexibility index (Phi) is 7.18. The Labute approximate surface area is 144 Å². The molecule has 4 nitrogen and oxygen atoms in total. The summed E-state index contributed by atoms with van der Waals surface area (Å²) in [4.78, 5) is 18.5.